The van der Waals surface area contributed by atoms with Gasteiger partial charge in [-0.25, -0.2) is 9.59 Å². The molecule has 2 rings (SSSR count). The Kier molecular flexibility index (Phi) is 14.1. The number of rotatable bonds is 13. The molecule has 42 heavy (non-hydrogen) atoms. The van der Waals surface area contributed by atoms with Crippen LogP contribution in [0.2, 0.25) is 0 Å². The van der Waals surface area contributed by atoms with E-state index < -0.39 is 42.6 Å². The van der Waals surface area contributed by atoms with E-state index >= 15 is 0 Å². The van der Waals surface area contributed by atoms with Gasteiger partial charge in [-0.05, 0) is 69.6 Å². The van der Waals surface area contributed by atoms with E-state index in [1.165, 1.54) is 12.1 Å². The summed E-state index contributed by atoms with van der Waals surface area (Å²) in [4.78, 5) is 49.7. The molecular weight excluding hydrogens is 546 g/mol. The maximum Gasteiger partial charge on any atom is 0.514 e. The molecule has 4 atom stereocenters. The topological polar surface area (TPSA) is 150 Å². The normalized spacial score (nSPS) is 16.6. The molecule has 0 saturated heterocycles. The van der Waals surface area contributed by atoms with Crippen LogP contribution in [0.4, 0.5) is 9.59 Å². The lowest BCUT2D eigenvalue weighted by atomic mass is 9.89. The number of carbonyl (C=O) groups is 4. The van der Waals surface area contributed by atoms with Crippen LogP contribution in [0.5, 0.6) is 11.5 Å². The van der Waals surface area contributed by atoms with Gasteiger partial charge in [0.15, 0.2) is 11.5 Å². The maximum atomic E-state index is 12.6. The fraction of sp³-hybridized carbons (Fsp3) is 0.677. The Morgan fingerprint density at radius 1 is 0.786 bits per heavy atom. The summed E-state index contributed by atoms with van der Waals surface area (Å²) in [6.07, 6.45) is 1.37. The van der Waals surface area contributed by atoms with Crippen molar-refractivity contribution in [1.82, 2.24) is 0 Å². The second kappa shape index (κ2) is 16.9. The van der Waals surface area contributed by atoms with Gasteiger partial charge in [0.2, 0.25) is 0 Å². The van der Waals surface area contributed by atoms with Crippen molar-refractivity contribution in [3.63, 3.8) is 0 Å². The first-order chi connectivity index (χ1) is 19.8. The first-order valence-electron chi connectivity index (χ1n) is 14.8. The highest BCUT2D eigenvalue weighted by Gasteiger charge is 2.26. The molecule has 0 amide bonds. The predicted octanol–water partition coefficient (Wildman–Crippen LogP) is 5.73. The van der Waals surface area contributed by atoms with E-state index in [-0.39, 0.29) is 48.2 Å². The smallest absolute Gasteiger partial charge is 0.462 e. The van der Waals surface area contributed by atoms with Crippen LogP contribution in [0.1, 0.15) is 86.1 Å². The predicted molar refractivity (Wildman–Crippen MR) is 154 cm³/mol. The number of esters is 2. The molecule has 1 aromatic carbocycles. The number of ether oxygens (including phenoxy) is 6. The molecule has 2 unspecified atom stereocenters. The number of hydrogen-bond donors (Lipinski definition) is 1. The molecule has 0 aliphatic heterocycles. The van der Waals surface area contributed by atoms with E-state index in [0.29, 0.717) is 5.56 Å². The van der Waals surface area contributed by atoms with Gasteiger partial charge in [0, 0.05) is 0 Å². The number of benzene rings is 1. The Labute approximate surface area is 248 Å². The van der Waals surface area contributed by atoms with Gasteiger partial charge in [-0.3, -0.25) is 9.59 Å². The van der Waals surface area contributed by atoms with Crippen LogP contribution in [0.15, 0.2) is 18.2 Å². The van der Waals surface area contributed by atoms with Crippen LogP contribution in [0, 0.1) is 17.8 Å². The Morgan fingerprint density at radius 2 is 1.33 bits per heavy atom. The summed E-state index contributed by atoms with van der Waals surface area (Å²) >= 11 is 0. The summed E-state index contributed by atoms with van der Waals surface area (Å²) in [6, 6.07) is 3.35. The summed E-state index contributed by atoms with van der Waals surface area (Å²) in [7, 11) is 0. The maximum absolute atomic E-state index is 12.6. The Hall–Kier alpha value is -3.34. The molecule has 0 spiro atoms. The Bertz CT molecular complexity index is 1050. The molecule has 0 aromatic heterocycles. The average molecular weight is 594 g/mol. The average Bonchev–Trinajstić information content (AvgIpc) is 2.93. The largest absolute Gasteiger partial charge is 0.514 e. The molecule has 1 fully saturated rings. The van der Waals surface area contributed by atoms with Crippen molar-refractivity contribution in [3.05, 3.63) is 23.8 Å². The molecule has 236 valence electrons. The zero-order chi connectivity index (χ0) is 31.4. The fourth-order valence-electron chi connectivity index (χ4n) is 3.96. The van der Waals surface area contributed by atoms with Crippen LogP contribution in [-0.4, -0.2) is 55.2 Å². The van der Waals surface area contributed by atoms with Gasteiger partial charge in [0.1, 0.15) is 31.0 Å². The molecular formula is C31H47NO10. The van der Waals surface area contributed by atoms with Crippen molar-refractivity contribution < 1.29 is 47.6 Å². The second-order valence-electron chi connectivity index (χ2n) is 11.6. The SMILES string of the molecule is CC(C)C(C)OC(=O)Oc1ccc(C[C@H](N)C(=O)O[C@@H](C)COC(=O)C2CCCCC2)cc1OC(=O)OC(C)C(C)C. The van der Waals surface area contributed by atoms with Crippen molar-refractivity contribution >= 4 is 24.2 Å². The highest BCUT2D eigenvalue weighted by atomic mass is 16.8. The van der Waals surface area contributed by atoms with Gasteiger partial charge in [-0.2, -0.15) is 0 Å². The molecule has 1 aliphatic rings. The third-order valence-corrected chi connectivity index (χ3v) is 7.31. The zero-order valence-corrected chi connectivity index (χ0v) is 25.9. The van der Waals surface area contributed by atoms with E-state index in [4.69, 9.17) is 34.2 Å². The summed E-state index contributed by atoms with van der Waals surface area (Å²) in [5.74, 6) is -1.11. The van der Waals surface area contributed by atoms with Crippen LogP contribution in [-0.2, 0) is 35.0 Å². The zero-order valence-electron chi connectivity index (χ0n) is 25.9. The number of nitrogens with two attached hydrogens (primary N) is 1. The van der Waals surface area contributed by atoms with E-state index in [2.05, 4.69) is 0 Å². The van der Waals surface area contributed by atoms with Crippen molar-refractivity contribution in [2.45, 2.75) is 111 Å². The highest BCUT2D eigenvalue weighted by molar-refractivity contribution is 5.76. The first kappa shape index (κ1) is 34.9. The van der Waals surface area contributed by atoms with Crippen LogP contribution < -0.4 is 15.2 Å². The standard InChI is InChI=1S/C31H47NO10/c1-18(2)21(6)39-30(35)41-26-14-13-23(16-27(26)42-31(36)40-22(7)19(3)4)15-25(32)29(34)38-20(5)17-37-28(33)24-11-9-8-10-12-24/h13-14,16,18-22,24-25H,8-12,15,17,32H2,1-7H3/t20-,21?,22?,25-/m0/s1. The van der Waals surface area contributed by atoms with Gasteiger partial charge in [0.05, 0.1) is 5.92 Å². The minimum absolute atomic E-state index is 0.0241. The lowest BCUT2D eigenvalue weighted by Gasteiger charge is -2.22. The summed E-state index contributed by atoms with van der Waals surface area (Å²) < 4.78 is 32.0. The summed E-state index contributed by atoms with van der Waals surface area (Å²) in [6.45, 7) is 12.6. The minimum Gasteiger partial charge on any atom is -0.462 e. The fourth-order valence-corrected chi connectivity index (χ4v) is 3.96. The quantitative estimate of drug-likeness (QED) is 0.170. The van der Waals surface area contributed by atoms with E-state index in [9.17, 15) is 19.2 Å². The third-order valence-electron chi connectivity index (χ3n) is 7.31. The van der Waals surface area contributed by atoms with Gasteiger partial charge in [0.25, 0.3) is 0 Å². The second-order valence-corrected chi connectivity index (χ2v) is 11.6. The van der Waals surface area contributed by atoms with Crippen LogP contribution in [0.3, 0.4) is 0 Å². The third kappa shape index (κ3) is 11.9. The molecule has 1 aliphatic carbocycles. The molecule has 11 heteroatoms. The van der Waals surface area contributed by atoms with E-state index in [1.807, 2.05) is 27.7 Å². The monoisotopic (exact) mass is 593 g/mol. The molecule has 11 nitrogen and oxygen atoms in total. The van der Waals surface area contributed by atoms with E-state index in [0.717, 1.165) is 32.1 Å². The molecule has 0 bridgehead atoms. The number of hydrogen-bond acceptors (Lipinski definition) is 11. The van der Waals surface area contributed by atoms with Gasteiger partial charge in [-0.15, -0.1) is 0 Å². The minimum atomic E-state index is -1.06. The van der Waals surface area contributed by atoms with Crippen molar-refractivity contribution in [2.24, 2.45) is 23.5 Å². The van der Waals surface area contributed by atoms with Gasteiger partial charge < -0.3 is 34.2 Å². The summed E-state index contributed by atoms with van der Waals surface area (Å²) in [5.41, 5.74) is 6.61. The molecule has 1 aromatic rings. The number of carbonyl (C=O) groups excluding carboxylic acids is 4. The molecule has 0 heterocycles. The lowest BCUT2D eigenvalue weighted by Crippen LogP contribution is -2.37. The Morgan fingerprint density at radius 3 is 1.88 bits per heavy atom. The molecule has 2 N–H and O–H groups in total. The summed E-state index contributed by atoms with van der Waals surface area (Å²) in [5, 5.41) is 0. The van der Waals surface area contributed by atoms with Crippen LogP contribution in [0.25, 0.3) is 0 Å². The van der Waals surface area contributed by atoms with Gasteiger partial charge in [-0.1, -0.05) is 53.0 Å². The highest BCUT2D eigenvalue weighted by Crippen LogP contribution is 2.30. The first-order valence-corrected chi connectivity index (χ1v) is 14.8. The van der Waals surface area contributed by atoms with E-state index in [1.54, 1.807) is 26.8 Å². The lowest BCUT2D eigenvalue weighted by molar-refractivity contribution is -0.161. The van der Waals surface area contributed by atoms with Crippen molar-refractivity contribution in [2.75, 3.05) is 6.61 Å². The molecule has 1 saturated carbocycles. The molecule has 0 radical (unpaired) electrons. The van der Waals surface area contributed by atoms with Crippen molar-refractivity contribution in [1.29, 1.82) is 0 Å². The van der Waals surface area contributed by atoms with Crippen molar-refractivity contribution in [3.8, 4) is 11.5 Å². The van der Waals surface area contributed by atoms with Crippen LogP contribution >= 0.6 is 0 Å². The van der Waals surface area contributed by atoms with Gasteiger partial charge >= 0.3 is 24.2 Å². The Balaban J connectivity index is 2.04.